The number of pyridine rings is 1. The molecule has 0 fully saturated rings. The number of carbonyl (C=O) groups excluding carboxylic acids is 1. The number of aliphatic hydroxyl groups is 1. The molecule has 1 aromatic heterocycles. The Morgan fingerprint density at radius 1 is 1.38 bits per heavy atom. The summed E-state index contributed by atoms with van der Waals surface area (Å²) in [5.41, 5.74) is 0. The number of amides is 2. The molecule has 0 aliphatic carbocycles. The molecule has 0 aliphatic rings. The summed E-state index contributed by atoms with van der Waals surface area (Å²) in [5.74, 6) is 0.774. The fourth-order valence-electron chi connectivity index (χ4n) is 1.55. The van der Waals surface area contributed by atoms with Gasteiger partial charge in [0.05, 0.1) is 10.0 Å². The number of anilines is 1. The molecule has 1 heterocycles. The molecule has 1 aromatic rings. The van der Waals surface area contributed by atoms with Gasteiger partial charge in [0, 0.05) is 32.4 Å². The van der Waals surface area contributed by atoms with Gasteiger partial charge in [-0.15, -0.1) is 0 Å². The smallest absolute Gasteiger partial charge is 0.314 e. The van der Waals surface area contributed by atoms with Gasteiger partial charge in [-0.3, -0.25) is 0 Å². The maximum absolute atomic E-state index is 11.5. The highest BCUT2D eigenvalue weighted by molar-refractivity contribution is 6.35. The van der Waals surface area contributed by atoms with Crippen molar-refractivity contribution < 1.29 is 9.90 Å². The van der Waals surface area contributed by atoms with E-state index < -0.39 is 0 Å². The Hall–Kier alpha value is -1.24. The standard InChI is InChI=1S/C13H20Cl2N4O2/c1-9(2-5-20)7-19-13(21)17-4-3-16-12-11(15)6-10(14)8-18-12/h6,8-9,20H,2-5,7H2,1H3,(H,16,18)(H2,17,19,21). The normalized spacial score (nSPS) is 11.8. The van der Waals surface area contributed by atoms with Crippen molar-refractivity contribution in [2.45, 2.75) is 13.3 Å². The van der Waals surface area contributed by atoms with Crippen LogP contribution in [0.5, 0.6) is 0 Å². The fraction of sp³-hybridized carbons (Fsp3) is 0.538. The molecule has 0 saturated heterocycles. The van der Waals surface area contributed by atoms with Crippen LogP contribution < -0.4 is 16.0 Å². The highest BCUT2D eigenvalue weighted by Gasteiger charge is 2.05. The third kappa shape index (κ3) is 7.36. The summed E-state index contributed by atoms with van der Waals surface area (Å²) >= 11 is 11.7. The maximum Gasteiger partial charge on any atom is 0.314 e. The second kappa shape index (κ2) is 9.65. The van der Waals surface area contributed by atoms with Crippen LogP contribution >= 0.6 is 23.2 Å². The first-order valence-electron chi connectivity index (χ1n) is 6.70. The Bertz CT molecular complexity index is 460. The van der Waals surface area contributed by atoms with Gasteiger partial charge in [0.15, 0.2) is 0 Å². The molecule has 0 spiro atoms. The van der Waals surface area contributed by atoms with Gasteiger partial charge in [0.25, 0.3) is 0 Å². The molecular weight excluding hydrogens is 315 g/mol. The van der Waals surface area contributed by atoms with Gasteiger partial charge in [0.2, 0.25) is 0 Å². The van der Waals surface area contributed by atoms with Gasteiger partial charge < -0.3 is 21.1 Å². The molecule has 1 unspecified atom stereocenters. The lowest BCUT2D eigenvalue weighted by atomic mass is 10.1. The van der Waals surface area contributed by atoms with Gasteiger partial charge >= 0.3 is 6.03 Å². The summed E-state index contributed by atoms with van der Waals surface area (Å²) in [6.45, 7) is 3.55. The van der Waals surface area contributed by atoms with Crippen molar-refractivity contribution in [2.75, 3.05) is 31.6 Å². The van der Waals surface area contributed by atoms with Gasteiger partial charge in [-0.2, -0.15) is 0 Å². The average Bonchev–Trinajstić information content (AvgIpc) is 2.43. The summed E-state index contributed by atoms with van der Waals surface area (Å²) in [4.78, 5) is 15.6. The molecule has 1 rings (SSSR count). The van der Waals surface area contributed by atoms with Crippen molar-refractivity contribution in [3.05, 3.63) is 22.3 Å². The Morgan fingerprint density at radius 2 is 2.14 bits per heavy atom. The van der Waals surface area contributed by atoms with Crippen LogP contribution in [0.3, 0.4) is 0 Å². The molecule has 1 atom stereocenters. The van der Waals surface area contributed by atoms with Gasteiger partial charge in [-0.25, -0.2) is 9.78 Å². The number of urea groups is 1. The molecule has 6 nitrogen and oxygen atoms in total. The monoisotopic (exact) mass is 334 g/mol. The van der Waals surface area contributed by atoms with E-state index in [1.54, 1.807) is 6.07 Å². The Labute approximate surface area is 134 Å². The summed E-state index contributed by atoms with van der Waals surface area (Å²) in [5, 5.41) is 18.1. The minimum atomic E-state index is -0.239. The molecule has 4 N–H and O–H groups in total. The third-order valence-corrected chi connectivity index (χ3v) is 3.24. The molecule has 0 radical (unpaired) electrons. The fourth-order valence-corrected chi connectivity index (χ4v) is 2.00. The number of rotatable bonds is 8. The lowest BCUT2D eigenvalue weighted by Crippen LogP contribution is -2.40. The molecule has 8 heteroatoms. The van der Waals surface area contributed by atoms with E-state index in [9.17, 15) is 4.79 Å². The third-order valence-electron chi connectivity index (χ3n) is 2.74. The average molecular weight is 335 g/mol. The van der Waals surface area contributed by atoms with Crippen LogP contribution in [0.15, 0.2) is 12.3 Å². The van der Waals surface area contributed by atoms with E-state index >= 15 is 0 Å². The van der Waals surface area contributed by atoms with E-state index in [2.05, 4.69) is 20.9 Å². The largest absolute Gasteiger partial charge is 0.396 e. The molecule has 2 amide bonds. The summed E-state index contributed by atoms with van der Waals surface area (Å²) in [6, 6.07) is 1.36. The van der Waals surface area contributed by atoms with Crippen LogP contribution in [0.4, 0.5) is 10.6 Å². The van der Waals surface area contributed by atoms with Crippen LogP contribution in [0.2, 0.25) is 10.0 Å². The lowest BCUT2D eigenvalue weighted by molar-refractivity contribution is 0.234. The van der Waals surface area contributed by atoms with Crippen LogP contribution in [-0.4, -0.2) is 42.4 Å². The predicted molar refractivity (Wildman–Crippen MR) is 85.0 cm³/mol. The van der Waals surface area contributed by atoms with Crippen molar-refractivity contribution in [1.29, 1.82) is 0 Å². The maximum atomic E-state index is 11.5. The van der Waals surface area contributed by atoms with E-state index in [0.29, 0.717) is 41.9 Å². The Balaban J connectivity index is 2.17. The van der Waals surface area contributed by atoms with Crippen molar-refractivity contribution in [2.24, 2.45) is 5.92 Å². The van der Waals surface area contributed by atoms with Gasteiger partial charge in [-0.1, -0.05) is 30.1 Å². The van der Waals surface area contributed by atoms with Gasteiger partial charge in [-0.05, 0) is 18.4 Å². The van der Waals surface area contributed by atoms with Crippen molar-refractivity contribution in [1.82, 2.24) is 15.6 Å². The zero-order valence-electron chi connectivity index (χ0n) is 11.8. The van der Waals surface area contributed by atoms with Crippen LogP contribution in [0, 0.1) is 5.92 Å². The molecule has 0 bridgehead atoms. The zero-order valence-corrected chi connectivity index (χ0v) is 13.3. The van der Waals surface area contributed by atoms with Gasteiger partial charge in [0.1, 0.15) is 5.82 Å². The lowest BCUT2D eigenvalue weighted by Gasteiger charge is -2.12. The number of aromatic nitrogens is 1. The van der Waals surface area contributed by atoms with E-state index in [4.69, 9.17) is 28.3 Å². The molecule has 21 heavy (non-hydrogen) atoms. The number of aliphatic hydroxyl groups excluding tert-OH is 1. The SMILES string of the molecule is CC(CCO)CNC(=O)NCCNc1ncc(Cl)cc1Cl. The van der Waals surface area contributed by atoms with Crippen molar-refractivity contribution in [3.63, 3.8) is 0 Å². The first-order chi connectivity index (χ1) is 10.0. The first-order valence-corrected chi connectivity index (χ1v) is 7.46. The Kier molecular flexibility index (Phi) is 8.19. The molecule has 118 valence electrons. The topological polar surface area (TPSA) is 86.3 Å². The van der Waals surface area contributed by atoms with E-state index in [-0.39, 0.29) is 18.6 Å². The molecule has 0 aliphatic heterocycles. The number of nitrogens with one attached hydrogen (secondary N) is 3. The predicted octanol–water partition coefficient (Wildman–Crippen LogP) is 2.12. The minimum absolute atomic E-state index is 0.128. The van der Waals surface area contributed by atoms with Crippen molar-refractivity contribution in [3.8, 4) is 0 Å². The highest BCUT2D eigenvalue weighted by Crippen LogP contribution is 2.21. The number of hydrogen-bond donors (Lipinski definition) is 4. The van der Waals surface area contributed by atoms with Crippen LogP contribution in [-0.2, 0) is 0 Å². The van der Waals surface area contributed by atoms with E-state index in [0.717, 1.165) is 0 Å². The van der Waals surface area contributed by atoms with Crippen LogP contribution in [0.25, 0.3) is 0 Å². The minimum Gasteiger partial charge on any atom is -0.396 e. The van der Waals surface area contributed by atoms with Crippen molar-refractivity contribution >= 4 is 35.1 Å². The number of halogens is 2. The number of nitrogens with zero attached hydrogens (tertiary/aromatic N) is 1. The second-order valence-corrected chi connectivity index (χ2v) is 5.51. The highest BCUT2D eigenvalue weighted by atomic mass is 35.5. The second-order valence-electron chi connectivity index (χ2n) is 4.66. The molecular formula is C13H20Cl2N4O2. The van der Waals surface area contributed by atoms with Crippen LogP contribution in [0.1, 0.15) is 13.3 Å². The zero-order chi connectivity index (χ0) is 15.7. The number of carbonyl (C=O) groups is 1. The summed E-state index contributed by atoms with van der Waals surface area (Å²) < 4.78 is 0. The Morgan fingerprint density at radius 3 is 2.81 bits per heavy atom. The molecule has 0 saturated carbocycles. The van der Waals surface area contributed by atoms with E-state index in [1.165, 1.54) is 6.20 Å². The van der Waals surface area contributed by atoms with E-state index in [1.807, 2.05) is 6.92 Å². The summed E-state index contributed by atoms with van der Waals surface area (Å²) in [7, 11) is 0. The number of hydrogen-bond acceptors (Lipinski definition) is 4. The quantitative estimate of drug-likeness (QED) is 0.548. The molecule has 0 aromatic carbocycles. The summed E-state index contributed by atoms with van der Waals surface area (Å²) in [6.07, 6.45) is 2.17. The first kappa shape index (κ1) is 17.8.